The average molecular weight is 509 g/mol. The minimum absolute atomic E-state index is 0.0108. The first-order chi connectivity index (χ1) is 16.7. The number of anilines is 1. The van der Waals surface area contributed by atoms with Crippen LogP contribution in [0, 0.1) is 0 Å². The van der Waals surface area contributed by atoms with Crippen LogP contribution in [0.2, 0.25) is 0 Å². The van der Waals surface area contributed by atoms with E-state index in [4.69, 9.17) is 9.26 Å². The van der Waals surface area contributed by atoms with Crippen LogP contribution in [0.3, 0.4) is 0 Å². The summed E-state index contributed by atoms with van der Waals surface area (Å²) in [5, 5.41) is 28.2. The highest BCUT2D eigenvalue weighted by molar-refractivity contribution is 7.40. The molecule has 0 spiro atoms. The van der Waals surface area contributed by atoms with Gasteiger partial charge in [0.15, 0.2) is 30.0 Å². The molecule has 0 bridgehead atoms. The van der Waals surface area contributed by atoms with E-state index < -0.39 is 38.2 Å². The third-order valence-corrected chi connectivity index (χ3v) is 9.35. The highest BCUT2D eigenvalue weighted by Gasteiger charge is 2.52. The Labute approximate surface area is 206 Å². The predicted molar refractivity (Wildman–Crippen MR) is 132 cm³/mol. The summed E-state index contributed by atoms with van der Waals surface area (Å²) in [4.78, 5) is 8.78. The first-order valence-corrected chi connectivity index (χ1v) is 13.7. The number of hydrazone groups is 1. The van der Waals surface area contributed by atoms with Crippen LogP contribution in [0.1, 0.15) is 73.0 Å². The maximum Gasteiger partial charge on any atom is 0.511 e. The first kappa shape index (κ1) is 26.0. The number of rotatable bonds is 10. The number of nitrogens with zero attached hydrogens (tertiary/aromatic N) is 6. The van der Waals surface area contributed by atoms with E-state index in [0.717, 1.165) is 24.2 Å². The van der Waals surface area contributed by atoms with E-state index in [2.05, 4.69) is 15.1 Å². The lowest BCUT2D eigenvalue weighted by Gasteiger charge is -2.29. The quantitative estimate of drug-likeness (QED) is 0.371. The second kappa shape index (κ2) is 10.1. The van der Waals surface area contributed by atoms with E-state index in [9.17, 15) is 14.8 Å². The van der Waals surface area contributed by atoms with Crippen molar-refractivity contribution in [2.45, 2.75) is 103 Å². The third-order valence-electron chi connectivity index (χ3n) is 7.46. The van der Waals surface area contributed by atoms with Crippen molar-refractivity contribution in [2.75, 3.05) is 12.1 Å². The Kier molecular flexibility index (Phi) is 7.54. The fourth-order valence-corrected chi connectivity index (χ4v) is 6.49. The fraction of sp³-hybridized carbons (Fsp3) is 0.739. The first-order valence-electron chi connectivity index (χ1n) is 12.4. The van der Waals surface area contributed by atoms with Gasteiger partial charge in [-0.25, -0.2) is 14.1 Å². The lowest BCUT2D eigenvalue weighted by Crippen LogP contribution is -2.46. The Hall–Kier alpha value is -2.04. The molecule has 4 heterocycles. The molecule has 1 saturated heterocycles. The van der Waals surface area contributed by atoms with Crippen molar-refractivity contribution in [3.05, 3.63) is 12.7 Å². The largest absolute Gasteiger partial charge is 0.511 e. The number of ether oxygens (including phenoxy) is 1. The molecule has 5 atom stereocenters. The normalized spacial score (nSPS) is 25.0. The zero-order valence-electron chi connectivity index (χ0n) is 21.3. The topological polar surface area (TPSA) is 126 Å². The molecule has 11 nitrogen and oxygen atoms in total. The summed E-state index contributed by atoms with van der Waals surface area (Å²) < 4.78 is 29.0. The predicted octanol–water partition coefficient (Wildman–Crippen LogP) is 2.87. The summed E-state index contributed by atoms with van der Waals surface area (Å²) in [7, 11) is -0.0520. The third kappa shape index (κ3) is 4.49. The van der Waals surface area contributed by atoms with Gasteiger partial charge in [0, 0.05) is 20.4 Å². The number of aromatic nitrogens is 4. The Morgan fingerprint density at radius 2 is 1.89 bits per heavy atom. The van der Waals surface area contributed by atoms with Gasteiger partial charge in [-0.3, -0.25) is 0 Å². The van der Waals surface area contributed by atoms with Gasteiger partial charge in [0.1, 0.15) is 17.8 Å². The highest BCUT2D eigenvalue weighted by atomic mass is 31.1. The molecule has 2 aliphatic heterocycles. The monoisotopic (exact) mass is 508 g/mol. The molecule has 0 aliphatic carbocycles. The van der Waals surface area contributed by atoms with Crippen LogP contribution >= 0.6 is 8.03 Å². The van der Waals surface area contributed by atoms with E-state index in [1.54, 1.807) is 15.9 Å². The summed E-state index contributed by atoms with van der Waals surface area (Å²) in [6.07, 6.45) is 2.44. The lowest BCUT2D eigenvalue weighted by molar-refractivity contribution is -0.745. The summed E-state index contributed by atoms with van der Waals surface area (Å²) >= 11 is 0. The average Bonchev–Trinajstić information content (AvgIpc) is 3.36. The molecular formula is C23H37N6O5P+2. The molecule has 0 amide bonds. The maximum atomic E-state index is 13.0. The van der Waals surface area contributed by atoms with Crippen molar-refractivity contribution in [1.82, 2.24) is 14.5 Å². The van der Waals surface area contributed by atoms with E-state index in [0.29, 0.717) is 30.7 Å². The molecule has 2 aromatic heterocycles. The molecule has 0 aromatic carbocycles. The molecule has 35 heavy (non-hydrogen) atoms. The molecule has 2 aromatic rings. The van der Waals surface area contributed by atoms with Gasteiger partial charge >= 0.3 is 13.7 Å². The highest BCUT2D eigenvalue weighted by Crippen LogP contribution is 2.45. The lowest BCUT2D eigenvalue weighted by atomic mass is 9.88. The standard InChI is InChI=1S/C23H37N6O5P/c1-7-15(8-2)35(32)34-23(9-3,10-4)11-16-18(30)19(31)22(33-16)29-13-28-14(5)26-27(6)20-17(28)21(29)25-12-24-20/h12-13,15-16,18-19,22,30-31H,7-11H2,1-6H3/q+2/t16-,18-,19-,22?/m1/s1. The Morgan fingerprint density at radius 1 is 1.20 bits per heavy atom. The number of aliphatic hydroxyl groups is 2. The summed E-state index contributed by atoms with van der Waals surface area (Å²) in [5.74, 6) is 1.36. The molecule has 192 valence electrons. The molecule has 2 N–H and O–H groups in total. The number of hydrogen-bond acceptors (Lipinski definition) is 9. The molecule has 2 unspecified atom stereocenters. The smallest absolute Gasteiger partial charge is 0.387 e. The SMILES string of the molecule is CCC(CC)[P+](=O)OC(CC)(CC)C[C@H]1OC([n+]2cn3c4c(ncnc42)N(C)N=C3C)[C@H](O)[C@@H]1O. The number of imidazole rings is 1. The van der Waals surface area contributed by atoms with Crippen molar-refractivity contribution in [1.29, 1.82) is 0 Å². The Morgan fingerprint density at radius 3 is 2.51 bits per heavy atom. The summed E-state index contributed by atoms with van der Waals surface area (Å²) in [6.45, 7) is 9.88. The molecule has 0 saturated carbocycles. The molecule has 12 heteroatoms. The van der Waals surface area contributed by atoms with Crippen LogP contribution in [0.15, 0.2) is 17.8 Å². The van der Waals surface area contributed by atoms with Crippen molar-refractivity contribution < 1.29 is 28.6 Å². The van der Waals surface area contributed by atoms with Crippen molar-refractivity contribution >= 4 is 30.8 Å². The molecule has 0 radical (unpaired) electrons. The second-order valence-corrected chi connectivity index (χ2v) is 10.9. The van der Waals surface area contributed by atoms with E-state index in [-0.39, 0.29) is 5.66 Å². The fourth-order valence-electron chi connectivity index (χ4n) is 5.03. The van der Waals surface area contributed by atoms with Crippen LogP contribution in [0.5, 0.6) is 0 Å². The van der Waals surface area contributed by atoms with E-state index in [1.807, 2.05) is 46.2 Å². The van der Waals surface area contributed by atoms with Crippen LogP contribution < -0.4 is 9.58 Å². The van der Waals surface area contributed by atoms with Gasteiger partial charge < -0.3 is 14.9 Å². The van der Waals surface area contributed by atoms with Gasteiger partial charge in [-0.2, -0.15) is 4.98 Å². The molecule has 4 rings (SSSR count). The Balaban J connectivity index is 1.63. The van der Waals surface area contributed by atoms with Crippen LogP contribution in [0.4, 0.5) is 5.82 Å². The number of hydrogen-bond donors (Lipinski definition) is 2. The zero-order chi connectivity index (χ0) is 25.5. The molecular weight excluding hydrogens is 471 g/mol. The second-order valence-electron chi connectivity index (χ2n) is 9.42. The maximum absolute atomic E-state index is 13.0. The van der Waals surface area contributed by atoms with Crippen LogP contribution in [-0.2, 0) is 13.8 Å². The van der Waals surface area contributed by atoms with Gasteiger partial charge in [-0.1, -0.05) is 32.7 Å². The Bertz CT molecular complexity index is 1120. The molecule has 1 fully saturated rings. The van der Waals surface area contributed by atoms with Crippen LogP contribution in [0.25, 0.3) is 11.2 Å². The van der Waals surface area contributed by atoms with Crippen molar-refractivity contribution in [3.8, 4) is 0 Å². The van der Waals surface area contributed by atoms with E-state index in [1.165, 1.54) is 6.33 Å². The van der Waals surface area contributed by atoms with E-state index >= 15 is 0 Å². The summed E-state index contributed by atoms with van der Waals surface area (Å²) in [6, 6.07) is 0. The van der Waals surface area contributed by atoms with Crippen LogP contribution in [-0.4, -0.2) is 67.2 Å². The van der Waals surface area contributed by atoms with Gasteiger partial charge in [0.2, 0.25) is 11.7 Å². The minimum atomic E-state index is -1.87. The van der Waals surface area contributed by atoms with Gasteiger partial charge in [0.05, 0.1) is 6.10 Å². The number of aliphatic hydroxyl groups excluding tert-OH is 2. The van der Waals surface area contributed by atoms with Crippen molar-refractivity contribution in [3.63, 3.8) is 0 Å². The zero-order valence-corrected chi connectivity index (χ0v) is 22.2. The summed E-state index contributed by atoms with van der Waals surface area (Å²) in [5.41, 5.74) is 0.582. The van der Waals surface area contributed by atoms with Gasteiger partial charge in [-0.05, 0) is 30.2 Å². The molecule has 2 aliphatic rings. The minimum Gasteiger partial charge on any atom is -0.387 e. The van der Waals surface area contributed by atoms with Crippen molar-refractivity contribution in [2.24, 2.45) is 5.10 Å². The van der Waals surface area contributed by atoms with Gasteiger partial charge in [-0.15, -0.1) is 9.63 Å². The van der Waals surface area contributed by atoms with Gasteiger partial charge in [0.25, 0.3) is 0 Å².